The molecule has 7 nitrogen and oxygen atoms in total. The highest BCUT2D eigenvalue weighted by Gasteiger charge is 2.20. The lowest BCUT2D eigenvalue weighted by Gasteiger charge is -2.35. The zero-order chi connectivity index (χ0) is 19.9. The van der Waals surface area contributed by atoms with Gasteiger partial charge in [-0.2, -0.15) is 0 Å². The first-order chi connectivity index (χ1) is 13.5. The average molecular weight is 403 g/mol. The molecule has 0 aliphatic carbocycles. The highest BCUT2D eigenvalue weighted by molar-refractivity contribution is 6.30. The third kappa shape index (κ3) is 5.61. The number of nitrogens with one attached hydrogen (secondary N) is 2. The largest absolute Gasteiger partial charge is 0.497 e. The van der Waals surface area contributed by atoms with Gasteiger partial charge in [0.2, 0.25) is 5.91 Å². The Kier molecular flexibility index (Phi) is 6.73. The first kappa shape index (κ1) is 20.0. The highest BCUT2D eigenvalue weighted by Crippen LogP contribution is 2.20. The molecule has 2 N–H and O–H groups in total. The Balaban J connectivity index is 1.42. The SMILES string of the molecule is COc1ccc(NC(=O)NC(=O)CN2CCN(c3cccc(Cl)c3)CC2)cc1. The van der Waals surface area contributed by atoms with Crippen molar-refractivity contribution in [1.29, 1.82) is 0 Å². The van der Waals surface area contributed by atoms with E-state index in [1.807, 2.05) is 29.2 Å². The van der Waals surface area contributed by atoms with Crippen LogP contribution in [0.4, 0.5) is 16.2 Å². The molecule has 1 heterocycles. The van der Waals surface area contributed by atoms with Gasteiger partial charge in [0.05, 0.1) is 13.7 Å². The quantitative estimate of drug-likeness (QED) is 0.804. The zero-order valence-electron chi connectivity index (χ0n) is 15.7. The standard InChI is InChI=1S/C20H23ClN4O3/c1-28-18-7-5-16(6-8-18)22-20(27)23-19(26)14-24-9-11-25(12-10-24)17-4-2-3-15(21)13-17/h2-8,13H,9-12,14H2,1H3,(H2,22,23,26,27). The van der Waals surface area contributed by atoms with Crippen LogP contribution >= 0.6 is 11.6 Å². The zero-order valence-corrected chi connectivity index (χ0v) is 16.4. The number of carbonyl (C=O) groups excluding carboxylic acids is 2. The van der Waals surface area contributed by atoms with E-state index in [0.717, 1.165) is 31.9 Å². The molecule has 0 bridgehead atoms. The van der Waals surface area contributed by atoms with E-state index in [2.05, 4.69) is 15.5 Å². The third-order valence-corrected chi connectivity index (χ3v) is 4.75. The van der Waals surface area contributed by atoms with Crippen molar-refractivity contribution >= 4 is 34.9 Å². The molecule has 3 amide bonds. The van der Waals surface area contributed by atoms with E-state index < -0.39 is 6.03 Å². The molecule has 8 heteroatoms. The number of ether oxygens (including phenoxy) is 1. The summed E-state index contributed by atoms with van der Waals surface area (Å²) in [4.78, 5) is 28.4. The van der Waals surface area contributed by atoms with Crippen molar-refractivity contribution in [2.45, 2.75) is 0 Å². The highest BCUT2D eigenvalue weighted by atomic mass is 35.5. The van der Waals surface area contributed by atoms with Gasteiger partial charge < -0.3 is 15.0 Å². The predicted octanol–water partition coefficient (Wildman–Crippen LogP) is 2.82. The smallest absolute Gasteiger partial charge is 0.325 e. The van der Waals surface area contributed by atoms with Gasteiger partial charge in [-0.05, 0) is 42.5 Å². The Bertz CT molecular complexity index is 820. The van der Waals surface area contributed by atoms with Crippen molar-refractivity contribution in [1.82, 2.24) is 10.2 Å². The summed E-state index contributed by atoms with van der Waals surface area (Å²) in [6.45, 7) is 3.25. The number of rotatable bonds is 5. The maximum Gasteiger partial charge on any atom is 0.325 e. The van der Waals surface area contributed by atoms with Crippen molar-refractivity contribution in [3.05, 3.63) is 53.6 Å². The molecule has 0 unspecified atom stereocenters. The molecule has 3 rings (SSSR count). The average Bonchev–Trinajstić information content (AvgIpc) is 2.69. The Morgan fingerprint density at radius 2 is 1.79 bits per heavy atom. The Hall–Kier alpha value is -2.77. The van der Waals surface area contributed by atoms with Gasteiger partial charge in [0.25, 0.3) is 0 Å². The molecule has 0 spiro atoms. The van der Waals surface area contributed by atoms with Gasteiger partial charge in [-0.15, -0.1) is 0 Å². The number of hydrogen-bond acceptors (Lipinski definition) is 5. The summed E-state index contributed by atoms with van der Waals surface area (Å²) < 4.78 is 5.07. The Morgan fingerprint density at radius 3 is 2.43 bits per heavy atom. The predicted molar refractivity (Wildman–Crippen MR) is 110 cm³/mol. The Morgan fingerprint density at radius 1 is 1.07 bits per heavy atom. The fraction of sp³-hybridized carbons (Fsp3) is 0.300. The second-order valence-corrected chi connectivity index (χ2v) is 6.91. The van der Waals surface area contributed by atoms with Gasteiger partial charge >= 0.3 is 6.03 Å². The van der Waals surface area contributed by atoms with Crippen LogP contribution < -0.4 is 20.3 Å². The molecule has 1 saturated heterocycles. The minimum atomic E-state index is -0.548. The summed E-state index contributed by atoms with van der Waals surface area (Å²) in [5, 5.41) is 5.70. The summed E-state index contributed by atoms with van der Waals surface area (Å²) in [6.07, 6.45) is 0. The molecule has 2 aromatic rings. The van der Waals surface area contributed by atoms with Crippen LogP contribution in [0.25, 0.3) is 0 Å². The summed E-state index contributed by atoms with van der Waals surface area (Å²) in [5.41, 5.74) is 1.66. The number of carbonyl (C=O) groups is 2. The van der Waals surface area contributed by atoms with Crippen molar-refractivity contribution < 1.29 is 14.3 Å². The molecule has 0 atom stereocenters. The molecule has 148 valence electrons. The number of halogens is 1. The van der Waals surface area contributed by atoms with Crippen molar-refractivity contribution in [3.8, 4) is 5.75 Å². The van der Waals surface area contributed by atoms with E-state index in [1.54, 1.807) is 31.4 Å². The lowest BCUT2D eigenvalue weighted by Crippen LogP contribution is -2.50. The second kappa shape index (κ2) is 9.43. The monoisotopic (exact) mass is 402 g/mol. The summed E-state index contributed by atoms with van der Waals surface area (Å²) >= 11 is 6.05. The van der Waals surface area contributed by atoms with Crippen LogP contribution in [0.15, 0.2) is 48.5 Å². The molecule has 0 radical (unpaired) electrons. The van der Waals surface area contributed by atoms with E-state index in [-0.39, 0.29) is 12.5 Å². The lowest BCUT2D eigenvalue weighted by molar-refractivity contribution is -0.121. The van der Waals surface area contributed by atoms with E-state index in [0.29, 0.717) is 16.5 Å². The van der Waals surface area contributed by atoms with E-state index in [4.69, 9.17) is 16.3 Å². The van der Waals surface area contributed by atoms with Crippen LogP contribution in [0.5, 0.6) is 5.75 Å². The molecule has 2 aromatic carbocycles. The van der Waals surface area contributed by atoms with Crippen LogP contribution in [-0.2, 0) is 4.79 Å². The molecular formula is C20H23ClN4O3. The first-order valence-electron chi connectivity index (χ1n) is 9.01. The molecule has 1 aliphatic heterocycles. The maximum atomic E-state index is 12.1. The fourth-order valence-corrected chi connectivity index (χ4v) is 3.23. The maximum absolute atomic E-state index is 12.1. The Labute approximate surface area is 169 Å². The van der Waals surface area contributed by atoms with E-state index in [9.17, 15) is 9.59 Å². The van der Waals surface area contributed by atoms with Crippen LogP contribution in [0, 0.1) is 0 Å². The molecular weight excluding hydrogens is 380 g/mol. The van der Waals surface area contributed by atoms with Gasteiger partial charge in [-0.25, -0.2) is 4.79 Å². The molecule has 0 aromatic heterocycles. The summed E-state index contributed by atoms with van der Waals surface area (Å²) in [6, 6.07) is 14.1. The van der Waals surface area contributed by atoms with Crippen LogP contribution in [0.1, 0.15) is 0 Å². The minimum absolute atomic E-state index is 0.180. The number of benzene rings is 2. The van der Waals surface area contributed by atoms with Crippen molar-refractivity contribution in [2.75, 3.05) is 50.1 Å². The molecule has 1 aliphatic rings. The van der Waals surface area contributed by atoms with Crippen LogP contribution in [0.3, 0.4) is 0 Å². The minimum Gasteiger partial charge on any atom is -0.497 e. The van der Waals surface area contributed by atoms with E-state index >= 15 is 0 Å². The molecule has 0 saturated carbocycles. The third-order valence-electron chi connectivity index (χ3n) is 4.51. The number of amides is 3. The normalized spacial score (nSPS) is 14.4. The van der Waals surface area contributed by atoms with Gasteiger partial charge in [-0.3, -0.25) is 15.0 Å². The number of piperazine rings is 1. The summed E-state index contributed by atoms with van der Waals surface area (Å²) in [5.74, 6) is 0.362. The fourth-order valence-electron chi connectivity index (χ4n) is 3.04. The first-order valence-corrected chi connectivity index (χ1v) is 9.39. The summed E-state index contributed by atoms with van der Waals surface area (Å²) in [7, 11) is 1.57. The van der Waals surface area contributed by atoms with Gasteiger partial charge in [-0.1, -0.05) is 17.7 Å². The van der Waals surface area contributed by atoms with Gasteiger partial charge in [0.1, 0.15) is 5.75 Å². The van der Waals surface area contributed by atoms with E-state index in [1.165, 1.54) is 0 Å². The van der Waals surface area contributed by atoms with Crippen LogP contribution in [-0.4, -0.2) is 56.7 Å². The number of hydrogen-bond donors (Lipinski definition) is 2. The van der Waals surface area contributed by atoms with Crippen molar-refractivity contribution in [2.24, 2.45) is 0 Å². The van der Waals surface area contributed by atoms with Gasteiger partial charge in [0.15, 0.2) is 0 Å². The van der Waals surface area contributed by atoms with Gasteiger partial charge in [0, 0.05) is 42.6 Å². The number of urea groups is 1. The molecule has 1 fully saturated rings. The molecule has 28 heavy (non-hydrogen) atoms. The topological polar surface area (TPSA) is 73.9 Å². The number of nitrogens with zero attached hydrogens (tertiary/aromatic N) is 2. The van der Waals surface area contributed by atoms with Crippen LogP contribution in [0.2, 0.25) is 5.02 Å². The second-order valence-electron chi connectivity index (χ2n) is 6.47. The number of anilines is 2. The lowest BCUT2D eigenvalue weighted by atomic mass is 10.2. The van der Waals surface area contributed by atoms with Crippen molar-refractivity contribution in [3.63, 3.8) is 0 Å². The number of methoxy groups -OCH3 is 1. The number of imide groups is 1.